The van der Waals surface area contributed by atoms with E-state index < -0.39 is 0 Å². The molecule has 0 saturated carbocycles. The second-order valence-corrected chi connectivity index (χ2v) is 4.89. The highest BCUT2D eigenvalue weighted by atomic mass is 16.1. The minimum Gasteiger partial charge on any atom is -0.308 e. The highest BCUT2D eigenvalue weighted by Crippen LogP contribution is 2.18. The molecule has 2 rings (SSSR count). The van der Waals surface area contributed by atoms with Crippen molar-refractivity contribution >= 4 is 16.6 Å². The average Bonchev–Trinajstić information content (AvgIpc) is 2.37. The quantitative estimate of drug-likeness (QED) is 0.872. The van der Waals surface area contributed by atoms with Gasteiger partial charge in [0.25, 0.3) is 0 Å². The summed E-state index contributed by atoms with van der Waals surface area (Å²) in [6.45, 7) is 4.54. The summed E-state index contributed by atoms with van der Waals surface area (Å²) >= 11 is 0. The number of ketones is 1. The van der Waals surface area contributed by atoms with Crippen molar-refractivity contribution in [3.63, 3.8) is 0 Å². The fourth-order valence-electron chi connectivity index (χ4n) is 2.04. The molecule has 94 valence electrons. The average molecular weight is 241 g/mol. The van der Waals surface area contributed by atoms with Gasteiger partial charge in [0.1, 0.15) is 0 Å². The van der Waals surface area contributed by atoms with Crippen LogP contribution in [-0.2, 0) is 11.2 Å². The van der Waals surface area contributed by atoms with Crippen molar-refractivity contribution in [2.45, 2.75) is 26.3 Å². The van der Waals surface area contributed by atoms with Crippen molar-refractivity contribution < 1.29 is 4.79 Å². The van der Waals surface area contributed by atoms with E-state index in [1.54, 1.807) is 0 Å². The third-order valence-electron chi connectivity index (χ3n) is 2.98. The van der Waals surface area contributed by atoms with E-state index in [0.29, 0.717) is 19.0 Å². The Hall–Kier alpha value is -1.67. The molecule has 0 aliphatic rings. The first kappa shape index (κ1) is 12.8. The summed E-state index contributed by atoms with van der Waals surface area (Å²) < 4.78 is 0. The Kier molecular flexibility index (Phi) is 4.11. The molecule has 18 heavy (non-hydrogen) atoms. The zero-order valence-electron chi connectivity index (χ0n) is 10.9. The lowest BCUT2D eigenvalue weighted by atomic mass is 10.0. The Bertz CT molecular complexity index is 540. The number of Topliss-reactive ketones (excluding diaryl/α,β-unsaturated/α-hetero) is 1. The van der Waals surface area contributed by atoms with Crippen LogP contribution in [0.15, 0.2) is 42.5 Å². The molecule has 0 radical (unpaired) electrons. The third-order valence-corrected chi connectivity index (χ3v) is 2.98. The lowest BCUT2D eigenvalue weighted by Gasteiger charge is -2.08. The van der Waals surface area contributed by atoms with Crippen molar-refractivity contribution in [3.8, 4) is 0 Å². The molecule has 0 saturated heterocycles. The molecule has 1 N–H and O–H groups in total. The van der Waals surface area contributed by atoms with Gasteiger partial charge < -0.3 is 5.32 Å². The van der Waals surface area contributed by atoms with Crippen LogP contribution in [0.2, 0.25) is 0 Å². The van der Waals surface area contributed by atoms with Crippen LogP contribution in [-0.4, -0.2) is 18.4 Å². The second kappa shape index (κ2) is 5.78. The fraction of sp³-hybridized carbons (Fsp3) is 0.312. The van der Waals surface area contributed by atoms with Crippen LogP contribution < -0.4 is 5.32 Å². The summed E-state index contributed by atoms with van der Waals surface area (Å²) in [6.07, 6.45) is 0.501. The maximum Gasteiger partial charge on any atom is 0.150 e. The number of fused-ring (bicyclic) bond motifs is 1. The molecule has 0 spiro atoms. The van der Waals surface area contributed by atoms with Gasteiger partial charge in [0.15, 0.2) is 5.78 Å². The monoisotopic (exact) mass is 241 g/mol. The molecular weight excluding hydrogens is 222 g/mol. The smallest absolute Gasteiger partial charge is 0.150 e. The summed E-state index contributed by atoms with van der Waals surface area (Å²) in [7, 11) is 0. The predicted molar refractivity (Wildman–Crippen MR) is 75.8 cm³/mol. The largest absolute Gasteiger partial charge is 0.308 e. The van der Waals surface area contributed by atoms with Crippen LogP contribution in [0, 0.1) is 0 Å². The summed E-state index contributed by atoms with van der Waals surface area (Å²) in [5, 5.41) is 5.54. The SMILES string of the molecule is CC(C)NCC(=O)Cc1cccc2ccccc12. The fourth-order valence-corrected chi connectivity index (χ4v) is 2.04. The molecule has 0 aliphatic heterocycles. The molecule has 0 aromatic heterocycles. The first-order valence-electron chi connectivity index (χ1n) is 6.38. The van der Waals surface area contributed by atoms with Crippen LogP contribution in [0.3, 0.4) is 0 Å². The summed E-state index contributed by atoms with van der Waals surface area (Å²) in [4.78, 5) is 11.9. The van der Waals surface area contributed by atoms with Gasteiger partial charge in [-0.15, -0.1) is 0 Å². The van der Waals surface area contributed by atoms with Crippen molar-refractivity contribution in [1.82, 2.24) is 5.32 Å². The highest BCUT2D eigenvalue weighted by Gasteiger charge is 2.07. The first-order valence-corrected chi connectivity index (χ1v) is 6.38. The number of nitrogens with one attached hydrogen (secondary N) is 1. The van der Waals surface area contributed by atoms with Crippen LogP contribution in [0.1, 0.15) is 19.4 Å². The highest BCUT2D eigenvalue weighted by molar-refractivity contribution is 5.91. The zero-order chi connectivity index (χ0) is 13.0. The topological polar surface area (TPSA) is 29.1 Å². The Morgan fingerprint density at radius 1 is 1.11 bits per heavy atom. The van der Waals surface area contributed by atoms with Gasteiger partial charge in [0, 0.05) is 12.5 Å². The van der Waals surface area contributed by atoms with E-state index in [2.05, 4.69) is 23.5 Å². The minimum absolute atomic E-state index is 0.236. The molecule has 0 unspecified atom stereocenters. The molecular formula is C16H19NO. The van der Waals surface area contributed by atoms with E-state index in [1.165, 1.54) is 10.8 Å². The van der Waals surface area contributed by atoms with Gasteiger partial charge in [-0.05, 0) is 16.3 Å². The number of carbonyl (C=O) groups is 1. The molecule has 0 fully saturated rings. The van der Waals surface area contributed by atoms with Gasteiger partial charge >= 0.3 is 0 Å². The molecule has 2 aromatic rings. The Labute approximate surface area is 108 Å². The van der Waals surface area contributed by atoms with Gasteiger partial charge in [0.05, 0.1) is 6.54 Å². The van der Waals surface area contributed by atoms with E-state index in [-0.39, 0.29) is 5.78 Å². The van der Waals surface area contributed by atoms with Crippen molar-refractivity contribution in [3.05, 3.63) is 48.0 Å². The van der Waals surface area contributed by atoms with Crippen molar-refractivity contribution in [1.29, 1.82) is 0 Å². The molecule has 2 heteroatoms. The lowest BCUT2D eigenvalue weighted by molar-refractivity contribution is -0.117. The van der Waals surface area contributed by atoms with Crippen LogP contribution in [0.25, 0.3) is 10.8 Å². The Morgan fingerprint density at radius 3 is 2.61 bits per heavy atom. The van der Waals surface area contributed by atoms with Crippen molar-refractivity contribution in [2.75, 3.05) is 6.54 Å². The lowest BCUT2D eigenvalue weighted by Crippen LogP contribution is -2.29. The Balaban J connectivity index is 2.14. The standard InChI is InChI=1S/C16H19NO/c1-12(2)17-11-15(18)10-14-8-5-7-13-6-3-4-9-16(13)14/h3-9,12,17H,10-11H2,1-2H3. The van der Waals surface area contributed by atoms with Crippen LogP contribution >= 0.6 is 0 Å². The number of rotatable bonds is 5. The minimum atomic E-state index is 0.236. The molecule has 2 nitrogen and oxygen atoms in total. The number of carbonyl (C=O) groups excluding carboxylic acids is 1. The third kappa shape index (κ3) is 3.17. The van der Waals surface area contributed by atoms with E-state index in [0.717, 1.165) is 5.56 Å². The Morgan fingerprint density at radius 2 is 1.83 bits per heavy atom. The van der Waals surface area contributed by atoms with Crippen LogP contribution in [0.5, 0.6) is 0 Å². The van der Waals surface area contributed by atoms with Gasteiger partial charge in [0.2, 0.25) is 0 Å². The van der Waals surface area contributed by atoms with E-state index in [9.17, 15) is 4.79 Å². The summed E-state index contributed by atoms with van der Waals surface area (Å²) in [5.41, 5.74) is 1.11. The zero-order valence-corrected chi connectivity index (χ0v) is 10.9. The van der Waals surface area contributed by atoms with Gasteiger partial charge in [-0.25, -0.2) is 0 Å². The summed E-state index contributed by atoms with van der Waals surface area (Å²) in [5.74, 6) is 0.236. The van der Waals surface area contributed by atoms with E-state index >= 15 is 0 Å². The van der Waals surface area contributed by atoms with Gasteiger partial charge in [-0.3, -0.25) is 4.79 Å². The molecule has 0 heterocycles. The number of hydrogen-bond acceptors (Lipinski definition) is 2. The van der Waals surface area contributed by atoms with Crippen molar-refractivity contribution in [2.24, 2.45) is 0 Å². The molecule has 0 amide bonds. The molecule has 0 atom stereocenters. The van der Waals surface area contributed by atoms with Crippen LogP contribution in [0.4, 0.5) is 0 Å². The molecule has 2 aromatic carbocycles. The molecule has 0 bridgehead atoms. The van der Waals surface area contributed by atoms with Gasteiger partial charge in [-0.2, -0.15) is 0 Å². The van der Waals surface area contributed by atoms with E-state index in [1.807, 2.05) is 38.1 Å². The van der Waals surface area contributed by atoms with Gasteiger partial charge in [-0.1, -0.05) is 56.3 Å². The first-order chi connectivity index (χ1) is 8.66. The van der Waals surface area contributed by atoms with E-state index in [4.69, 9.17) is 0 Å². The number of benzene rings is 2. The number of hydrogen-bond donors (Lipinski definition) is 1. The normalized spacial score (nSPS) is 11.1. The molecule has 0 aliphatic carbocycles. The maximum absolute atomic E-state index is 11.9. The predicted octanol–water partition coefficient (Wildman–Crippen LogP) is 2.95. The second-order valence-electron chi connectivity index (χ2n) is 4.89. The summed E-state index contributed by atoms with van der Waals surface area (Å²) in [6, 6.07) is 14.7. The maximum atomic E-state index is 11.9.